The Balaban J connectivity index is 2.49. The molecule has 114 valence electrons. The van der Waals surface area contributed by atoms with E-state index in [2.05, 4.69) is 26.1 Å². The van der Waals surface area contributed by atoms with Crippen LogP contribution in [0.1, 0.15) is 5.82 Å². The minimum Gasteiger partial charge on any atom is -0.383 e. The van der Waals surface area contributed by atoms with Gasteiger partial charge in [-0.15, -0.1) is 10.2 Å². The normalized spacial score (nSPS) is 11.8. The summed E-state index contributed by atoms with van der Waals surface area (Å²) >= 11 is 3.37. The molecule has 0 fully saturated rings. The van der Waals surface area contributed by atoms with Crippen LogP contribution < -0.4 is 0 Å². The van der Waals surface area contributed by atoms with E-state index in [1.165, 1.54) is 6.26 Å². The molecule has 2 rings (SSSR count). The highest BCUT2D eigenvalue weighted by Gasteiger charge is 2.15. The van der Waals surface area contributed by atoms with Crippen LogP contribution in [-0.2, 0) is 26.4 Å². The topological polar surface area (TPSA) is 74.1 Å². The lowest BCUT2D eigenvalue weighted by atomic mass is 10.2. The van der Waals surface area contributed by atoms with E-state index in [4.69, 9.17) is 4.74 Å². The van der Waals surface area contributed by atoms with Crippen molar-refractivity contribution < 1.29 is 13.2 Å². The summed E-state index contributed by atoms with van der Waals surface area (Å²) < 4.78 is 30.3. The molecule has 1 aromatic carbocycles. The number of nitrogens with zero attached hydrogens (tertiary/aromatic N) is 3. The number of aromatic nitrogens is 3. The lowest BCUT2D eigenvalue weighted by Crippen LogP contribution is -2.09. The van der Waals surface area contributed by atoms with Crippen molar-refractivity contribution in [3.63, 3.8) is 0 Å². The van der Waals surface area contributed by atoms with Crippen molar-refractivity contribution in [2.75, 3.05) is 20.0 Å². The SMILES string of the molecule is COCCn1c(CBr)nnc1-c1cccc(S(C)(=O)=O)c1. The van der Waals surface area contributed by atoms with Crippen LogP contribution in [0.5, 0.6) is 0 Å². The van der Waals surface area contributed by atoms with Gasteiger partial charge in [-0.3, -0.25) is 0 Å². The average molecular weight is 374 g/mol. The van der Waals surface area contributed by atoms with Gasteiger partial charge in [0.05, 0.1) is 16.8 Å². The van der Waals surface area contributed by atoms with Crippen LogP contribution in [0.15, 0.2) is 29.2 Å². The molecule has 1 heterocycles. The van der Waals surface area contributed by atoms with Crippen molar-refractivity contribution >= 4 is 25.8 Å². The Labute approximate surface area is 132 Å². The summed E-state index contributed by atoms with van der Waals surface area (Å²) in [5, 5.41) is 8.85. The van der Waals surface area contributed by atoms with Gasteiger partial charge in [0.1, 0.15) is 5.82 Å². The smallest absolute Gasteiger partial charge is 0.175 e. The van der Waals surface area contributed by atoms with Gasteiger partial charge in [0.25, 0.3) is 0 Å². The van der Waals surface area contributed by atoms with Gasteiger partial charge in [-0.1, -0.05) is 28.1 Å². The van der Waals surface area contributed by atoms with Crippen LogP contribution >= 0.6 is 15.9 Å². The number of methoxy groups -OCH3 is 1. The number of halogens is 1. The Morgan fingerprint density at radius 2 is 2.10 bits per heavy atom. The van der Waals surface area contributed by atoms with Gasteiger partial charge in [-0.05, 0) is 12.1 Å². The highest BCUT2D eigenvalue weighted by Crippen LogP contribution is 2.22. The van der Waals surface area contributed by atoms with Gasteiger partial charge in [-0.2, -0.15) is 0 Å². The molecule has 0 N–H and O–H groups in total. The number of benzene rings is 1. The van der Waals surface area contributed by atoms with E-state index in [-0.39, 0.29) is 4.90 Å². The Hall–Kier alpha value is -1.25. The number of ether oxygens (including phenoxy) is 1. The number of hydrogen-bond donors (Lipinski definition) is 0. The lowest BCUT2D eigenvalue weighted by molar-refractivity contribution is 0.187. The highest BCUT2D eigenvalue weighted by atomic mass is 79.9. The second-order valence-corrected chi connectivity index (χ2v) is 7.09. The fourth-order valence-corrected chi connectivity index (χ4v) is 3.01. The first-order valence-corrected chi connectivity index (χ1v) is 9.26. The van der Waals surface area contributed by atoms with Crippen LogP contribution in [0.4, 0.5) is 0 Å². The van der Waals surface area contributed by atoms with Crippen LogP contribution in [0.25, 0.3) is 11.4 Å². The molecule has 0 saturated heterocycles. The van der Waals surface area contributed by atoms with E-state index in [0.717, 1.165) is 5.82 Å². The third kappa shape index (κ3) is 3.69. The third-order valence-corrected chi connectivity index (χ3v) is 4.60. The number of alkyl halides is 1. The molecule has 0 aliphatic carbocycles. The summed E-state index contributed by atoms with van der Waals surface area (Å²) in [5.41, 5.74) is 0.716. The zero-order valence-corrected chi connectivity index (χ0v) is 14.2. The Bertz CT molecular complexity index is 728. The molecule has 0 spiro atoms. The summed E-state index contributed by atoms with van der Waals surface area (Å²) in [6.45, 7) is 1.12. The minimum absolute atomic E-state index is 0.265. The molecule has 0 unspecified atom stereocenters. The van der Waals surface area contributed by atoms with Gasteiger partial charge in [0.2, 0.25) is 0 Å². The van der Waals surface area contributed by atoms with E-state index in [9.17, 15) is 8.42 Å². The molecule has 8 heteroatoms. The van der Waals surface area contributed by atoms with Crippen molar-refractivity contribution in [1.82, 2.24) is 14.8 Å². The molecule has 0 radical (unpaired) electrons. The van der Waals surface area contributed by atoms with Gasteiger partial charge < -0.3 is 9.30 Å². The van der Waals surface area contributed by atoms with Crippen molar-refractivity contribution in [2.24, 2.45) is 0 Å². The minimum atomic E-state index is -3.25. The van der Waals surface area contributed by atoms with Gasteiger partial charge >= 0.3 is 0 Å². The number of rotatable bonds is 6. The largest absolute Gasteiger partial charge is 0.383 e. The second-order valence-electron chi connectivity index (χ2n) is 4.52. The van der Waals surface area contributed by atoms with Crippen LogP contribution in [0.2, 0.25) is 0 Å². The van der Waals surface area contributed by atoms with E-state index < -0.39 is 9.84 Å². The van der Waals surface area contributed by atoms with Crippen LogP contribution in [-0.4, -0.2) is 43.2 Å². The molecule has 0 aliphatic heterocycles. The molecule has 21 heavy (non-hydrogen) atoms. The van der Waals surface area contributed by atoms with Crippen molar-refractivity contribution in [3.8, 4) is 11.4 Å². The first-order chi connectivity index (χ1) is 9.97. The molecule has 1 aromatic heterocycles. The Kier molecular flexibility index (Phi) is 5.13. The van der Waals surface area contributed by atoms with Crippen LogP contribution in [0.3, 0.4) is 0 Å². The first kappa shape index (κ1) is 16.1. The summed E-state index contributed by atoms with van der Waals surface area (Å²) in [6.07, 6.45) is 1.19. The van der Waals surface area contributed by atoms with E-state index >= 15 is 0 Å². The molecule has 0 atom stereocenters. The van der Waals surface area contributed by atoms with Gasteiger partial charge in [0, 0.05) is 25.5 Å². The predicted molar refractivity (Wildman–Crippen MR) is 83.1 cm³/mol. The fraction of sp³-hybridized carbons (Fsp3) is 0.385. The summed E-state index contributed by atoms with van der Waals surface area (Å²) in [4.78, 5) is 0.265. The average Bonchev–Trinajstić information content (AvgIpc) is 2.87. The first-order valence-electron chi connectivity index (χ1n) is 6.25. The summed E-state index contributed by atoms with van der Waals surface area (Å²) in [5.74, 6) is 1.40. The molecule has 0 aliphatic rings. The second kappa shape index (κ2) is 6.67. The summed E-state index contributed by atoms with van der Waals surface area (Å²) in [7, 11) is -1.63. The van der Waals surface area contributed by atoms with E-state index in [0.29, 0.717) is 29.9 Å². The van der Waals surface area contributed by atoms with Gasteiger partial charge in [0.15, 0.2) is 15.7 Å². The van der Waals surface area contributed by atoms with Crippen molar-refractivity contribution in [2.45, 2.75) is 16.8 Å². The van der Waals surface area contributed by atoms with E-state index in [1.807, 2.05) is 10.6 Å². The monoisotopic (exact) mass is 373 g/mol. The molecule has 0 amide bonds. The predicted octanol–water partition coefficient (Wildman–Crippen LogP) is 1.89. The zero-order valence-electron chi connectivity index (χ0n) is 11.8. The standard InChI is InChI=1S/C13H16BrN3O3S/c1-20-7-6-17-12(9-14)15-16-13(17)10-4-3-5-11(8-10)21(2,18)19/h3-5,8H,6-7,9H2,1-2H3. The van der Waals surface area contributed by atoms with E-state index in [1.54, 1.807) is 25.3 Å². The van der Waals surface area contributed by atoms with Gasteiger partial charge in [-0.25, -0.2) is 8.42 Å². The molecule has 6 nitrogen and oxygen atoms in total. The third-order valence-electron chi connectivity index (χ3n) is 2.99. The quantitative estimate of drug-likeness (QED) is 0.722. The number of hydrogen-bond acceptors (Lipinski definition) is 5. The highest BCUT2D eigenvalue weighted by molar-refractivity contribution is 9.08. The fourth-order valence-electron chi connectivity index (χ4n) is 1.93. The van der Waals surface area contributed by atoms with Crippen LogP contribution in [0, 0.1) is 0 Å². The van der Waals surface area contributed by atoms with Crippen molar-refractivity contribution in [1.29, 1.82) is 0 Å². The molecule has 2 aromatic rings. The Morgan fingerprint density at radius 1 is 1.33 bits per heavy atom. The molecular formula is C13H16BrN3O3S. The maximum Gasteiger partial charge on any atom is 0.175 e. The Morgan fingerprint density at radius 3 is 2.71 bits per heavy atom. The lowest BCUT2D eigenvalue weighted by Gasteiger charge is -2.09. The number of sulfone groups is 1. The molecule has 0 bridgehead atoms. The summed E-state index contributed by atoms with van der Waals surface area (Å²) in [6, 6.07) is 6.70. The zero-order chi connectivity index (χ0) is 15.5. The maximum absolute atomic E-state index is 11.7. The maximum atomic E-state index is 11.7. The molecule has 0 saturated carbocycles. The molecular weight excluding hydrogens is 358 g/mol. The van der Waals surface area contributed by atoms with Crippen molar-refractivity contribution in [3.05, 3.63) is 30.1 Å².